The van der Waals surface area contributed by atoms with E-state index in [1.54, 1.807) is 6.07 Å². The van der Waals surface area contributed by atoms with Crippen molar-refractivity contribution < 1.29 is 13.9 Å². The van der Waals surface area contributed by atoms with Crippen LogP contribution in [0.5, 0.6) is 5.75 Å². The first-order valence-corrected chi connectivity index (χ1v) is 7.61. The lowest BCUT2D eigenvalue weighted by Crippen LogP contribution is -2.02. The molecule has 120 valence electrons. The zero-order chi connectivity index (χ0) is 16.6. The lowest BCUT2D eigenvalue weighted by atomic mass is 10.0. The summed E-state index contributed by atoms with van der Waals surface area (Å²) in [7, 11) is 0. The van der Waals surface area contributed by atoms with Crippen molar-refractivity contribution >= 4 is 11.0 Å². The summed E-state index contributed by atoms with van der Waals surface area (Å²) in [5, 5.41) is 0.852. The molecule has 4 heteroatoms. The summed E-state index contributed by atoms with van der Waals surface area (Å²) in [6.07, 6.45) is 1.76. The SMILES string of the molecule is C=C(C)C1OC1c1c(OCC=C(C)C)ccc2ccc(=O)oc12. The Hall–Kier alpha value is -2.33. The zero-order valence-corrected chi connectivity index (χ0v) is 13.6. The Morgan fingerprint density at radius 3 is 2.65 bits per heavy atom. The highest BCUT2D eigenvalue weighted by atomic mass is 16.6. The molecule has 2 unspecified atom stereocenters. The maximum absolute atomic E-state index is 11.6. The van der Waals surface area contributed by atoms with Crippen LogP contribution in [0.3, 0.4) is 0 Å². The molecule has 0 saturated carbocycles. The molecule has 1 aromatic carbocycles. The predicted molar refractivity (Wildman–Crippen MR) is 89.8 cm³/mol. The molecule has 0 radical (unpaired) electrons. The minimum absolute atomic E-state index is 0.0584. The van der Waals surface area contributed by atoms with Crippen molar-refractivity contribution in [2.45, 2.75) is 33.0 Å². The van der Waals surface area contributed by atoms with Crippen molar-refractivity contribution in [1.82, 2.24) is 0 Å². The van der Waals surface area contributed by atoms with Gasteiger partial charge in [0, 0.05) is 11.5 Å². The Kier molecular flexibility index (Phi) is 4.09. The third-order valence-electron chi connectivity index (χ3n) is 3.78. The van der Waals surface area contributed by atoms with Crippen LogP contribution >= 0.6 is 0 Å². The lowest BCUT2D eigenvalue weighted by Gasteiger charge is -2.11. The number of fused-ring (bicyclic) bond motifs is 1. The fourth-order valence-corrected chi connectivity index (χ4v) is 2.54. The van der Waals surface area contributed by atoms with Gasteiger partial charge < -0.3 is 13.9 Å². The Balaban J connectivity index is 2.06. The monoisotopic (exact) mass is 312 g/mol. The van der Waals surface area contributed by atoms with Crippen LogP contribution in [-0.4, -0.2) is 12.7 Å². The normalized spacial score (nSPS) is 19.4. The van der Waals surface area contributed by atoms with Gasteiger partial charge >= 0.3 is 5.63 Å². The van der Waals surface area contributed by atoms with Crippen molar-refractivity contribution in [3.05, 3.63) is 64.1 Å². The first-order valence-electron chi connectivity index (χ1n) is 7.61. The fourth-order valence-electron chi connectivity index (χ4n) is 2.54. The molecule has 3 rings (SSSR count). The number of allylic oxidation sites excluding steroid dienone is 1. The Labute approximate surface area is 135 Å². The summed E-state index contributed by atoms with van der Waals surface area (Å²) in [6, 6.07) is 6.95. The Morgan fingerprint density at radius 2 is 2.00 bits per heavy atom. The van der Waals surface area contributed by atoms with E-state index in [2.05, 4.69) is 6.58 Å². The third kappa shape index (κ3) is 3.22. The summed E-state index contributed by atoms with van der Waals surface area (Å²) < 4.78 is 17.0. The molecule has 2 aromatic rings. The summed E-state index contributed by atoms with van der Waals surface area (Å²) in [6.45, 7) is 10.4. The molecule has 1 aliphatic heterocycles. The molecule has 1 aliphatic rings. The predicted octanol–water partition coefficient (Wildman–Crippen LogP) is 4.15. The smallest absolute Gasteiger partial charge is 0.336 e. The minimum atomic E-state index is -0.382. The van der Waals surface area contributed by atoms with E-state index in [0.717, 1.165) is 16.5 Å². The van der Waals surface area contributed by atoms with Gasteiger partial charge in [-0.25, -0.2) is 4.79 Å². The molecule has 2 heterocycles. The van der Waals surface area contributed by atoms with Crippen molar-refractivity contribution in [2.75, 3.05) is 6.61 Å². The highest BCUT2D eigenvalue weighted by Gasteiger charge is 2.44. The number of epoxide rings is 1. The summed E-state index contributed by atoms with van der Waals surface area (Å²) >= 11 is 0. The molecule has 2 atom stereocenters. The summed E-state index contributed by atoms with van der Waals surface area (Å²) in [4.78, 5) is 11.6. The molecule has 1 aromatic heterocycles. The average Bonchev–Trinajstić information content (AvgIpc) is 3.26. The van der Waals surface area contributed by atoms with Gasteiger partial charge in [0.25, 0.3) is 0 Å². The quantitative estimate of drug-likeness (QED) is 0.473. The standard InChI is InChI=1S/C19H20O4/c1-11(2)9-10-21-14-7-5-13-6-8-15(20)22-18(13)16(14)19-17(23-19)12(3)4/h5-9,17,19H,3,10H2,1-2,4H3. The average molecular weight is 312 g/mol. The highest BCUT2D eigenvalue weighted by Crippen LogP contribution is 2.48. The van der Waals surface area contributed by atoms with Gasteiger partial charge in [0.05, 0.1) is 5.56 Å². The van der Waals surface area contributed by atoms with Crippen LogP contribution in [0.15, 0.2) is 57.3 Å². The molecule has 0 amide bonds. The van der Waals surface area contributed by atoms with Crippen LogP contribution in [0, 0.1) is 0 Å². The van der Waals surface area contributed by atoms with Gasteiger partial charge in [0.2, 0.25) is 0 Å². The van der Waals surface area contributed by atoms with Crippen molar-refractivity contribution in [3.63, 3.8) is 0 Å². The Morgan fingerprint density at radius 1 is 1.26 bits per heavy atom. The van der Waals surface area contributed by atoms with E-state index in [4.69, 9.17) is 13.9 Å². The lowest BCUT2D eigenvalue weighted by molar-refractivity contribution is 0.344. The Bertz CT molecular complexity index is 840. The van der Waals surface area contributed by atoms with E-state index in [1.807, 2.05) is 39.0 Å². The third-order valence-corrected chi connectivity index (χ3v) is 3.78. The number of hydrogen-bond acceptors (Lipinski definition) is 4. The molecule has 4 nitrogen and oxygen atoms in total. The van der Waals surface area contributed by atoms with Gasteiger partial charge in [-0.2, -0.15) is 0 Å². The van der Waals surface area contributed by atoms with Crippen molar-refractivity contribution in [2.24, 2.45) is 0 Å². The van der Waals surface area contributed by atoms with Crippen LogP contribution in [-0.2, 0) is 4.74 Å². The van der Waals surface area contributed by atoms with E-state index >= 15 is 0 Å². The van der Waals surface area contributed by atoms with Gasteiger partial charge in [-0.15, -0.1) is 0 Å². The van der Waals surface area contributed by atoms with Crippen LogP contribution in [0.4, 0.5) is 0 Å². The maximum atomic E-state index is 11.6. The van der Waals surface area contributed by atoms with Gasteiger partial charge in [0.1, 0.15) is 30.1 Å². The van der Waals surface area contributed by atoms with Crippen LogP contribution in [0.2, 0.25) is 0 Å². The fraction of sp³-hybridized carbons (Fsp3) is 0.316. The summed E-state index contributed by atoms with van der Waals surface area (Å²) in [5.74, 6) is 0.679. The minimum Gasteiger partial charge on any atom is -0.489 e. The van der Waals surface area contributed by atoms with Crippen molar-refractivity contribution in [1.29, 1.82) is 0 Å². The molecule has 0 aliphatic carbocycles. The molecule has 1 saturated heterocycles. The molecular weight excluding hydrogens is 292 g/mol. The van der Waals surface area contributed by atoms with Gasteiger partial charge in [-0.05, 0) is 50.6 Å². The molecule has 1 fully saturated rings. The maximum Gasteiger partial charge on any atom is 0.336 e. The number of benzene rings is 1. The number of hydrogen-bond donors (Lipinski definition) is 0. The van der Waals surface area contributed by atoms with E-state index in [-0.39, 0.29) is 17.8 Å². The molecule has 0 spiro atoms. The molecule has 0 N–H and O–H groups in total. The van der Waals surface area contributed by atoms with Gasteiger partial charge in [-0.1, -0.05) is 12.2 Å². The molecule has 0 bridgehead atoms. The molecular formula is C19H20O4. The van der Waals surface area contributed by atoms with E-state index in [1.165, 1.54) is 11.6 Å². The highest BCUT2D eigenvalue weighted by molar-refractivity contribution is 5.83. The zero-order valence-electron chi connectivity index (χ0n) is 13.6. The second-order valence-electron chi connectivity index (χ2n) is 6.07. The van der Waals surface area contributed by atoms with Crippen LogP contribution in [0.1, 0.15) is 32.4 Å². The van der Waals surface area contributed by atoms with Crippen molar-refractivity contribution in [3.8, 4) is 5.75 Å². The van der Waals surface area contributed by atoms with E-state index in [0.29, 0.717) is 17.9 Å². The topological polar surface area (TPSA) is 52.0 Å². The van der Waals surface area contributed by atoms with Crippen LogP contribution in [0.25, 0.3) is 11.0 Å². The second kappa shape index (κ2) is 6.05. The number of ether oxygens (including phenoxy) is 2. The van der Waals surface area contributed by atoms with Crippen LogP contribution < -0.4 is 10.4 Å². The number of rotatable bonds is 5. The molecule has 23 heavy (non-hydrogen) atoms. The largest absolute Gasteiger partial charge is 0.489 e. The first-order chi connectivity index (χ1) is 11.0. The summed E-state index contributed by atoms with van der Waals surface area (Å²) in [5.41, 5.74) is 3.06. The van der Waals surface area contributed by atoms with E-state index in [9.17, 15) is 4.79 Å². The van der Waals surface area contributed by atoms with E-state index < -0.39 is 0 Å². The van der Waals surface area contributed by atoms with Gasteiger partial charge in [-0.3, -0.25) is 0 Å². The second-order valence-corrected chi connectivity index (χ2v) is 6.07. The first kappa shape index (κ1) is 15.6. The van der Waals surface area contributed by atoms with Gasteiger partial charge in [0.15, 0.2) is 0 Å².